The fourth-order valence-electron chi connectivity index (χ4n) is 5.74. The monoisotopic (exact) mass is 493 g/mol. The number of aliphatic hydroxyl groups is 2. The average molecular weight is 494 g/mol. The van der Waals surface area contributed by atoms with Crippen LogP contribution < -0.4 is 4.90 Å². The van der Waals surface area contributed by atoms with Crippen molar-refractivity contribution in [2.75, 3.05) is 11.9 Å². The summed E-state index contributed by atoms with van der Waals surface area (Å²) < 4.78 is 1.50. The van der Waals surface area contributed by atoms with E-state index in [9.17, 15) is 15.3 Å². The molecule has 35 heavy (non-hydrogen) atoms. The zero-order valence-corrected chi connectivity index (χ0v) is 21.2. The molecule has 1 aliphatic carbocycles. The summed E-state index contributed by atoms with van der Waals surface area (Å²) in [4.78, 5) is 2.10. The number of aryl methyl sites for hydroxylation is 1. The molecule has 0 amide bonds. The topological polar surface area (TPSA) is 81.8 Å². The first-order valence-electron chi connectivity index (χ1n) is 12.1. The van der Waals surface area contributed by atoms with Crippen molar-refractivity contribution >= 4 is 17.3 Å². The second-order valence-corrected chi connectivity index (χ2v) is 10.6. The number of halogens is 1. The maximum absolute atomic E-state index is 11.3. The summed E-state index contributed by atoms with van der Waals surface area (Å²) >= 11 is 6.28. The van der Waals surface area contributed by atoms with Gasteiger partial charge in [-0.2, -0.15) is 5.10 Å². The number of allylic oxidation sites excluding steroid dienone is 1. The molecule has 0 saturated heterocycles. The van der Waals surface area contributed by atoms with E-state index in [1.54, 1.807) is 0 Å². The fraction of sp³-hybridized carbons (Fsp3) is 0.393. The summed E-state index contributed by atoms with van der Waals surface area (Å²) in [5.74, 6) is -1.09. The van der Waals surface area contributed by atoms with Crippen LogP contribution in [0.2, 0.25) is 5.02 Å². The van der Waals surface area contributed by atoms with E-state index < -0.39 is 24.0 Å². The SMILES string of the molecule is CCCc1nn(-c2ccccc2)c(O)c1C1C(O)C(C=C2N(C)c3ccc(Cl)cc3C2(C)C)C1O. The molecule has 2 unspecified atom stereocenters. The molecule has 3 N–H and O–H groups in total. The number of hydrogen-bond donors (Lipinski definition) is 3. The predicted molar refractivity (Wildman–Crippen MR) is 138 cm³/mol. The minimum atomic E-state index is -0.844. The molecule has 6 nitrogen and oxygen atoms in total. The van der Waals surface area contributed by atoms with Crippen molar-refractivity contribution in [1.82, 2.24) is 9.78 Å². The molecule has 0 radical (unpaired) electrons. The Kier molecular flexibility index (Phi) is 5.94. The summed E-state index contributed by atoms with van der Waals surface area (Å²) in [5, 5.41) is 39.0. The highest BCUT2D eigenvalue weighted by molar-refractivity contribution is 6.30. The molecule has 2 heterocycles. The van der Waals surface area contributed by atoms with E-state index in [2.05, 4.69) is 23.8 Å². The molecule has 0 bridgehead atoms. The Morgan fingerprint density at radius 2 is 1.77 bits per heavy atom. The Balaban J connectivity index is 1.49. The molecule has 1 aliphatic heterocycles. The van der Waals surface area contributed by atoms with E-state index in [-0.39, 0.29) is 11.3 Å². The summed E-state index contributed by atoms with van der Waals surface area (Å²) in [6.45, 7) is 6.30. The lowest BCUT2D eigenvalue weighted by molar-refractivity contribution is -0.0955. The normalized spacial score (nSPS) is 26.1. The summed E-state index contributed by atoms with van der Waals surface area (Å²) in [5.41, 5.74) is 4.86. The van der Waals surface area contributed by atoms with Gasteiger partial charge in [-0.1, -0.05) is 63.1 Å². The smallest absolute Gasteiger partial charge is 0.218 e. The molecular formula is C28H32ClN3O3. The van der Waals surface area contributed by atoms with Gasteiger partial charge in [0.2, 0.25) is 5.88 Å². The van der Waals surface area contributed by atoms with Crippen molar-refractivity contribution < 1.29 is 15.3 Å². The highest BCUT2D eigenvalue weighted by atomic mass is 35.5. The van der Waals surface area contributed by atoms with Gasteiger partial charge in [-0.15, -0.1) is 0 Å². The third-order valence-electron chi connectivity index (χ3n) is 7.66. The number of hydrogen-bond acceptors (Lipinski definition) is 5. The van der Waals surface area contributed by atoms with Gasteiger partial charge in [-0.25, -0.2) is 4.68 Å². The Bertz CT molecular complexity index is 1270. The maximum atomic E-state index is 11.3. The van der Waals surface area contributed by atoms with Gasteiger partial charge in [0.25, 0.3) is 0 Å². The molecule has 2 atom stereocenters. The molecule has 1 saturated carbocycles. The van der Waals surface area contributed by atoms with Crippen molar-refractivity contribution in [3.05, 3.63) is 82.1 Å². The number of para-hydroxylation sites is 1. The summed E-state index contributed by atoms with van der Waals surface area (Å²) in [6, 6.07) is 15.3. The Hall–Kier alpha value is -2.80. The quantitative estimate of drug-likeness (QED) is 0.469. The van der Waals surface area contributed by atoms with Crippen molar-refractivity contribution in [1.29, 1.82) is 0 Å². The van der Waals surface area contributed by atoms with Crippen molar-refractivity contribution in [2.24, 2.45) is 5.92 Å². The molecule has 5 rings (SSSR count). The first-order valence-corrected chi connectivity index (χ1v) is 12.5. The van der Waals surface area contributed by atoms with Crippen LogP contribution in [0.1, 0.15) is 49.9 Å². The van der Waals surface area contributed by atoms with Crippen LogP contribution in [0.5, 0.6) is 5.88 Å². The number of aromatic nitrogens is 2. The minimum absolute atomic E-state index is 0.0192. The predicted octanol–water partition coefficient (Wildman–Crippen LogP) is 4.93. The fourth-order valence-corrected chi connectivity index (χ4v) is 5.92. The molecule has 184 valence electrons. The number of anilines is 1. The van der Waals surface area contributed by atoms with Crippen molar-refractivity contribution in [3.8, 4) is 11.6 Å². The molecule has 3 aromatic rings. The summed E-state index contributed by atoms with van der Waals surface area (Å²) in [6.07, 6.45) is 1.78. The second-order valence-electron chi connectivity index (χ2n) is 10.2. The van der Waals surface area contributed by atoms with Crippen LogP contribution in [-0.4, -0.2) is 44.4 Å². The van der Waals surface area contributed by atoms with Gasteiger partial charge < -0.3 is 20.2 Å². The second kappa shape index (κ2) is 8.70. The number of aromatic hydroxyl groups is 1. The third-order valence-corrected chi connectivity index (χ3v) is 7.90. The molecule has 1 aromatic heterocycles. The van der Waals surface area contributed by atoms with Gasteiger partial charge in [0, 0.05) is 46.3 Å². The van der Waals surface area contributed by atoms with E-state index in [1.165, 1.54) is 4.68 Å². The number of rotatable bonds is 5. The van der Waals surface area contributed by atoms with Crippen molar-refractivity contribution in [3.63, 3.8) is 0 Å². The maximum Gasteiger partial charge on any atom is 0.218 e. The van der Waals surface area contributed by atoms with E-state index in [0.29, 0.717) is 22.7 Å². The van der Waals surface area contributed by atoms with Gasteiger partial charge in [0.05, 0.1) is 23.6 Å². The zero-order valence-electron chi connectivity index (χ0n) is 20.5. The molecule has 1 fully saturated rings. The average Bonchev–Trinajstić information content (AvgIpc) is 3.24. The molecule has 7 heteroatoms. The number of likely N-dealkylation sites (N-methyl/N-ethyl adjacent to an activating group) is 1. The lowest BCUT2D eigenvalue weighted by atomic mass is 9.64. The highest BCUT2D eigenvalue weighted by Gasteiger charge is 2.52. The van der Waals surface area contributed by atoms with E-state index in [1.807, 2.05) is 68.6 Å². The summed E-state index contributed by atoms with van der Waals surface area (Å²) in [7, 11) is 2.00. The first kappa shape index (κ1) is 23.9. The number of aliphatic hydroxyl groups excluding tert-OH is 2. The molecular weight excluding hydrogens is 462 g/mol. The number of benzene rings is 2. The van der Waals surface area contributed by atoms with Crippen LogP contribution in [0.15, 0.2) is 60.3 Å². The highest BCUT2D eigenvalue weighted by Crippen LogP contribution is 2.52. The van der Waals surface area contributed by atoms with Crippen molar-refractivity contribution in [2.45, 2.75) is 57.2 Å². The van der Waals surface area contributed by atoms with Crippen LogP contribution in [0, 0.1) is 5.92 Å². The van der Waals surface area contributed by atoms with Crippen LogP contribution in [0.25, 0.3) is 5.69 Å². The van der Waals surface area contributed by atoms with Gasteiger partial charge in [-0.3, -0.25) is 0 Å². The number of fused-ring (bicyclic) bond motifs is 1. The van der Waals surface area contributed by atoms with Gasteiger partial charge >= 0.3 is 0 Å². The Labute approximate surface area is 211 Å². The van der Waals surface area contributed by atoms with Crippen LogP contribution >= 0.6 is 11.6 Å². The third kappa shape index (κ3) is 3.66. The zero-order chi connectivity index (χ0) is 25.1. The minimum Gasteiger partial charge on any atom is -0.493 e. The van der Waals surface area contributed by atoms with Gasteiger partial charge in [0.15, 0.2) is 0 Å². The lowest BCUT2D eigenvalue weighted by Crippen LogP contribution is -2.53. The first-order chi connectivity index (χ1) is 16.7. The van der Waals surface area contributed by atoms with E-state index in [4.69, 9.17) is 11.6 Å². The van der Waals surface area contributed by atoms with Crippen LogP contribution in [0.4, 0.5) is 5.69 Å². The Morgan fingerprint density at radius 1 is 1.09 bits per heavy atom. The number of nitrogens with zero attached hydrogens (tertiary/aromatic N) is 3. The molecule has 2 aliphatic rings. The lowest BCUT2D eigenvalue weighted by Gasteiger charge is -2.46. The van der Waals surface area contributed by atoms with Crippen LogP contribution in [0.3, 0.4) is 0 Å². The standard InChI is InChI=1S/C28H32ClN3O3/c1-5-9-20-23(27(35)32(30-20)17-10-7-6-8-11-17)24-25(33)18(26(24)34)15-22-28(2,3)19-14-16(29)12-13-21(19)31(22)4/h6-8,10-15,18,24-26,33-35H,5,9H2,1-4H3. The van der Waals surface area contributed by atoms with E-state index >= 15 is 0 Å². The Morgan fingerprint density at radius 3 is 2.43 bits per heavy atom. The molecule has 2 aromatic carbocycles. The van der Waals surface area contributed by atoms with E-state index in [0.717, 1.165) is 29.1 Å². The molecule has 0 spiro atoms. The van der Waals surface area contributed by atoms with Gasteiger partial charge in [0.1, 0.15) is 0 Å². The van der Waals surface area contributed by atoms with Gasteiger partial charge in [-0.05, 0) is 42.3 Å². The largest absolute Gasteiger partial charge is 0.493 e. The van der Waals surface area contributed by atoms with Crippen LogP contribution in [-0.2, 0) is 11.8 Å².